The number of benzene rings is 2. The molecule has 2 rings (SSSR count). The molecule has 0 aromatic heterocycles. The van der Waals surface area contributed by atoms with Crippen LogP contribution in [0.1, 0.15) is 28.3 Å². The molecule has 4 heteroatoms. The van der Waals surface area contributed by atoms with Crippen LogP contribution in [0.25, 0.3) is 0 Å². The molecule has 1 unspecified atom stereocenters. The molecule has 2 nitrogen and oxygen atoms in total. The number of hydrogen-bond donors (Lipinski definition) is 1. The predicted octanol–water partition coefficient (Wildman–Crippen LogP) is 4.73. The highest BCUT2D eigenvalue weighted by Gasteiger charge is 2.19. The zero-order valence-corrected chi connectivity index (χ0v) is 15.4. The predicted molar refractivity (Wildman–Crippen MR) is 95.4 cm³/mol. The molecule has 0 fully saturated rings. The summed E-state index contributed by atoms with van der Waals surface area (Å²) in [6.45, 7) is 4.14. The molecule has 0 radical (unpaired) electrons. The van der Waals surface area contributed by atoms with Gasteiger partial charge in [-0.2, -0.15) is 0 Å². The van der Waals surface area contributed by atoms with E-state index in [4.69, 9.17) is 10.5 Å². The van der Waals surface area contributed by atoms with Crippen LogP contribution in [0.2, 0.25) is 0 Å². The molecule has 20 heavy (non-hydrogen) atoms. The average molecular weight is 446 g/mol. The van der Waals surface area contributed by atoms with E-state index in [0.717, 1.165) is 26.9 Å². The third-order valence-electron chi connectivity index (χ3n) is 3.32. The molecule has 2 aromatic rings. The monoisotopic (exact) mass is 445 g/mol. The molecular weight excluding hydrogens is 429 g/mol. The number of methoxy groups -OCH3 is 1. The fourth-order valence-electron chi connectivity index (χ4n) is 2.42. The summed E-state index contributed by atoms with van der Waals surface area (Å²) < 4.78 is 7.71. The summed E-state index contributed by atoms with van der Waals surface area (Å²) >= 11 is 5.89. The molecule has 0 bridgehead atoms. The standard InChI is InChI=1S/C16H17BrINO/c1-9-6-10(2)15(14(7-9)20-3)16(19)12-8-11(18)4-5-13(12)17/h4-8,16H,19H2,1-3H3. The maximum Gasteiger partial charge on any atom is 0.124 e. The van der Waals surface area contributed by atoms with E-state index in [9.17, 15) is 0 Å². The van der Waals surface area contributed by atoms with Crippen LogP contribution in [-0.4, -0.2) is 7.11 Å². The Bertz CT molecular complexity index is 643. The third kappa shape index (κ3) is 3.18. The summed E-state index contributed by atoms with van der Waals surface area (Å²) in [6.07, 6.45) is 0. The first-order valence-corrected chi connectivity index (χ1v) is 8.17. The number of rotatable bonds is 3. The first-order valence-electron chi connectivity index (χ1n) is 6.29. The molecule has 106 valence electrons. The van der Waals surface area contributed by atoms with Crippen LogP contribution in [0.3, 0.4) is 0 Å². The largest absolute Gasteiger partial charge is 0.496 e. The molecule has 0 saturated carbocycles. The first-order chi connectivity index (χ1) is 9.43. The number of halogens is 2. The van der Waals surface area contributed by atoms with Gasteiger partial charge in [0.1, 0.15) is 5.75 Å². The van der Waals surface area contributed by atoms with Crippen molar-refractivity contribution in [2.24, 2.45) is 5.73 Å². The van der Waals surface area contributed by atoms with Crippen LogP contribution in [0.4, 0.5) is 0 Å². The van der Waals surface area contributed by atoms with Gasteiger partial charge in [-0.1, -0.05) is 22.0 Å². The molecule has 0 aliphatic carbocycles. The van der Waals surface area contributed by atoms with Crippen molar-refractivity contribution in [1.82, 2.24) is 0 Å². The second kappa shape index (κ2) is 6.45. The van der Waals surface area contributed by atoms with E-state index in [1.54, 1.807) is 7.11 Å². The fourth-order valence-corrected chi connectivity index (χ4v) is 3.42. The third-order valence-corrected chi connectivity index (χ3v) is 4.71. The van der Waals surface area contributed by atoms with Gasteiger partial charge in [0.25, 0.3) is 0 Å². The van der Waals surface area contributed by atoms with Crippen molar-refractivity contribution in [2.45, 2.75) is 19.9 Å². The molecule has 0 spiro atoms. The van der Waals surface area contributed by atoms with Gasteiger partial charge in [-0.15, -0.1) is 0 Å². The Kier molecular flexibility index (Phi) is 5.09. The molecule has 0 aliphatic rings. The van der Waals surface area contributed by atoms with E-state index in [-0.39, 0.29) is 6.04 Å². The van der Waals surface area contributed by atoms with E-state index in [2.05, 4.69) is 70.6 Å². The Hall–Kier alpha value is -0.590. The average Bonchev–Trinajstić information content (AvgIpc) is 2.40. The van der Waals surface area contributed by atoms with Gasteiger partial charge in [-0.3, -0.25) is 0 Å². The maximum atomic E-state index is 6.50. The minimum absolute atomic E-state index is 0.213. The Morgan fingerprint density at radius 3 is 2.55 bits per heavy atom. The Balaban J connectivity index is 2.58. The maximum absolute atomic E-state index is 6.50. The number of nitrogens with two attached hydrogens (primary N) is 1. The van der Waals surface area contributed by atoms with Gasteiger partial charge >= 0.3 is 0 Å². The quantitative estimate of drug-likeness (QED) is 0.693. The van der Waals surface area contributed by atoms with Gasteiger partial charge in [-0.25, -0.2) is 0 Å². The number of aryl methyl sites for hydroxylation is 2. The van der Waals surface area contributed by atoms with Crippen molar-refractivity contribution < 1.29 is 4.74 Å². The van der Waals surface area contributed by atoms with Crippen molar-refractivity contribution in [3.63, 3.8) is 0 Å². The van der Waals surface area contributed by atoms with E-state index in [1.165, 1.54) is 9.13 Å². The van der Waals surface area contributed by atoms with Crippen molar-refractivity contribution >= 4 is 38.5 Å². The molecule has 2 N–H and O–H groups in total. The lowest BCUT2D eigenvalue weighted by Crippen LogP contribution is -2.15. The zero-order chi connectivity index (χ0) is 14.9. The SMILES string of the molecule is COc1cc(C)cc(C)c1C(N)c1cc(I)ccc1Br. The highest BCUT2D eigenvalue weighted by Crippen LogP contribution is 2.35. The minimum Gasteiger partial charge on any atom is -0.496 e. The smallest absolute Gasteiger partial charge is 0.124 e. The van der Waals surface area contributed by atoms with Gasteiger partial charge in [0.2, 0.25) is 0 Å². The molecule has 0 saturated heterocycles. The minimum atomic E-state index is -0.213. The summed E-state index contributed by atoms with van der Waals surface area (Å²) in [5.74, 6) is 0.848. The van der Waals surface area contributed by atoms with Crippen LogP contribution in [0.5, 0.6) is 5.75 Å². The van der Waals surface area contributed by atoms with Crippen LogP contribution >= 0.6 is 38.5 Å². The van der Waals surface area contributed by atoms with Crippen LogP contribution in [-0.2, 0) is 0 Å². The molecule has 0 heterocycles. The van der Waals surface area contributed by atoms with E-state index < -0.39 is 0 Å². The van der Waals surface area contributed by atoms with Gasteiger partial charge in [0.15, 0.2) is 0 Å². The van der Waals surface area contributed by atoms with Crippen molar-refractivity contribution in [1.29, 1.82) is 0 Å². The summed E-state index contributed by atoms with van der Waals surface area (Å²) in [6, 6.07) is 10.2. The van der Waals surface area contributed by atoms with E-state index >= 15 is 0 Å². The van der Waals surface area contributed by atoms with E-state index in [1.807, 2.05) is 12.1 Å². The number of ether oxygens (including phenoxy) is 1. The summed E-state index contributed by atoms with van der Waals surface area (Å²) in [7, 11) is 1.69. The van der Waals surface area contributed by atoms with Crippen molar-refractivity contribution in [2.75, 3.05) is 7.11 Å². The zero-order valence-electron chi connectivity index (χ0n) is 11.7. The normalized spacial score (nSPS) is 12.3. The Labute approximate surface area is 142 Å². The highest BCUT2D eigenvalue weighted by atomic mass is 127. The van der Waals surface area contributed by atoms with Crippen LogP contribution in [0.15, 0.2) is 34.8 Å². The lowest BCUT2D eigenvalue weighted by atomic mass is 9.93. The molecule has 0 aliphatic heterocycles. The Morgan fingerprint density at radius 2 is 1.90 bits per heavy atom. The van der Waals surface area contributed by atoms with Gasteiger partial charge in [-0.05, 0) is 77.4 Å². The second-order valence-electron chi connectivity index (χ2n) is 4.84. The highest BCUT2D eigenvalue weighted by molar-refractivity contribution is 14.1. The first kappa shape index (κ1) is 15.8. The van der Waals surface area contributed by atoms with E-state index in [0.29, 0.717) is 0 Å². The molecule has 2 aromatic carbocycles. The van der Waals surface area contributed by atoms with Gasteiger partial charge < -0.3 is 10.5 Å². The van der Waals surface area contributed by atoms with Crippen LogP contribution < -0.4 is 10.5 Å². The second-order valence-corrected chi connectivity index (χ2v) is 6.94. The summed E-state index contributed by atoms with van der Waals surface area (Å²) in [4.78, 5) is 0. The van der Waals surface area contributed by atoms with Gasteiger partial charge in [0.05, 0.1) is 13.2 Å². The molecular formula is C16H17BrINO. The fraction of sp³-hybridized carbons (Fsp3) is 0.250. The number of hydrogen-bond acceptors (Lipinski definition) is 2. The summed E-state index contributed by atoms with van der Waals surface area (Å²) in [5, 5.41) is 0. The lowest BCUT2D eigenvalue weighted by molar-refractivity contribution is 0.407. The van der Waals surface area contributed by atoms with Crippen molar-refractivity contribution in [3.8, 4) is 5.75 Å². The van der Waals surface area contributed by atoms with Gasteiger partial charge in [0, 0.05) is 13.6 Å². The van der Waals surface area contributed by atoms with Crippen molar-refractivity contribution in [3.05, 3.63) is 60.6 Å². The van der Waals surface area contributed by atoms with Crippen LogP contribution in [0, 0.1) is 17.4 Å². The topological polar surface area (TPSA) is 35.2 Å². The molecule has 0 amide bonds. The molecule has 1 atom stereocenters. The summed E-state index contributed by atoms with van der Waals surface area (Å²) in [5.41, 5.74) is 10.9. The lowest BCUT2D eigenvalue weighted by Gasteiger charge is -2.20. The Morgan fingerprint density at radius 1 is 1.20 bits per heavy atom.